The van der Waals surface area contributed by atoms with E-state index in [4.69, 9.17) is 4.74 Å². The zero-order valence-electron chi connectivity index (χ0n) is 15.7. The summed E-state index contributed by atoms with van der Waals surface area (Å²) in [7, 11) is -2.03. The molecule has 0 bridgehead atoms. The average Bonchev–Trinajstić information content (AvgIpc) is 2.68. The van der Waals surface area contributed by atoms with Gasteiger partial charge in [-0.1, -0.05) is 25.1 Å². The Morgan fingerprint density at radius 2 is 1.63 bits per heavy atom. The lowest BCUT2D eigenvalue weighted by Gasteiger charge is -2.34. The zero-order chi connectivity index (χ0) is 19.4. The van der Waals surface area contributed by atoms with Gasteiger partial charge >= 0.3 is 0 Å². The van der Waals surface area contributed by atoms with Gasteiger partial charge in [-0.2, -0.15) is 4.31 Å². The lowest BCUT2D eigenvalue weighted by Crippen LogP contribution is -2.48. The first-order valence-electron chi connectivity index (χ1n) is 9.08. The lowest BCUT2D eigenvalue weighted by atomic mass is 10.2. The molecular formula is C20H25FN2O3S. The number of ether oxygens (including phenoxy) is 1. The van der Waals surface area contributed by atoms with Crippen molar-refractivity contribution in [1.29, 1.82) is 0 Å². The summed E-state index contributed by atoms with van der Waals surface area (Å²) in [5, 5.41) is 0. The Hall–Kier alpha value is -1.96. The van der Waals surface area contributed by atoms with E-state index in [1.54, 1.807) is 18.2 Å². The minimum Gasteiger partial charge on any atom is -0.494 e. The maximum Gasteiger partial charge on any atom is 0.243 e. The van der Waals surface area contributed by atoms with Gasteiger partial charge in [0, 0.05) is 32.7 Å². The summed E-state index contributed by atoms with van der Waals surface area (Å²) in [5.74, 6) is -0.157. The SMILES string of the molecule is CCc1ccc(S(=O)(=O)N2CCN(Cc3ccc(OC)c(F)c3)CC2)cc1. The number of hydrogen-bond acceptors (Lipinski definition) is 4. The predicted octanol–water partition coefficient (Wildman–Crippen LogP) is 2.90. The number of halogens is 1. The van der Waals surface area contributed by atoms with Crippen molar-refractivity contribution >= 4 is 10.0 Å². The van der Waals surface area contributed by atoms with Crippen LogP contribution in [0.25, 0.3) is 0 Å². The van der Waals surface area contributed by atoms with E-state index in [1.165, 1.54) is 17.5 Å². The highest BCUT2D eigenvalue weighted by Gasteiger charge is 2.28. The monoisotopic (exact) mass is 392 g/mol. The normalized spacial score (nSPS) is 16.4. The second-order valence-electron chi connectivity index (χ2n) is 6.65. The number of benzene rings is 2. The van der Waals surface area contributed by atoms with Crippen molar-refractivity contribution in [3.63, 3.8) is 0 Å². The van der Waals surface area contributed by atoms with Crippen molar-refractivity contribution in [3.8, 4) is 5.75 Å². The van der Waals surface area contributed by atoms with Crippen LogP contribution >= 0.6 is 0 Å². The van der Waals surface area contributed by atoms with Gasteiger partial charge in [-0.05, 0) is 41.8 Å². The van der Waals surface area contributed by atoms with Crippen LogP contribution in [0.2, 0.25) is 0 Å². The van der Waals surface area contributed by atoms with Gasteiger partial charge in [0.2, 0.25) is 10.0 Å². The minimum atomic E-state index is -3.47. The molecule has 27 heavy (non-hydrogen) atoms. The van der Waals surface area contributed by atoms with E-state index in [0.29, 0.717) is 37.6 Å². The molecule has 0 saturated carbocycles. The van der Waals surface area contributed by atoms with E-state index < -0.39 is 10.0 Å². The van der Waals surface area contributed by atoms with E-state index in [9.17, 15) is 12.8 Å². The van der Waals surface area contributed by atoms with Gasteiger partial charge in [0.25, 0.3) is 0 Å². The van der Waals surface area contributed by atoms with Crippen molar-refractivity contribution in [2.75, 3.05) is 33.3 Å². The zero-order valence-corrected chi connectivity index (χ0v) is 16.5. The molecule has 1 aliphatic heterocycles. The molecule has 0 spiro atoms. The van der Waals surface area contributed by atoms with E-state index in [-0.39, 0.29) is 11.6 Å². The molecule has 1 saturated heterocycles. The van der Waals surface area contributed by atoms with Gasteiger partial charge in [-0.3, -0.25) is 4.90 Å². The number of aryl methyl sites for hydroxylation is 1. The molecule has 0 radical (unpaired) electrons. The molecule has 1 aliphatic rings. The Bertz CT molecular complexity index is 877. The molecular weight excluding hydrogens is 367 g/mol. The molecule has 5 nitrogen and oxygen atoms in total. The molecule has 1 heterocycles. The number of hydrogen-bond donors (Lipinski definition) is 0. The summed E-state index contributed by atoms with van der Waals surface area (Å²) in [5.41, 5.74) is 1.96. The molecule has 0 amide bonds. The first-order valence-corrected chi connectivity index (χ1v) is 10.5. The third-order valence-corrected chi connectivity index (χ3v) is 6.84. The molecule has 0 unspecified atom stereocenters. The van der Waals surface area contributed by atoms with Gasteiger partial charge in [0.15, 0.2) is 11.6 Å². The molecule has 0 aromatic heterocycles. The first-order chi connectivity index (χ1) is 12.9. The van der Waals surface area contributed by atoms with Crippen molar-refractivity contribution in [2.45, 2.75) is 24.8 Å². The van der Waals surface area contributed by atoms with Crippen LogP contribution in [0, 0.1) is 5.82 Å². The Kier molecular flexibility index (Phi) is 6.14. The Morgan fingerprint density at radius 3 is 2.19 bits per heavy atom. The maximum atomic E-state index is 13.8. The summed E-state index contributed by atoms with van der Waals surface area (Å²) in [4.78, 5) is 2.47. The summed E-state index contributed by atoms with van der Waals surface area (Å²) in [6.07, 6.45) is 0.880. The Labute approximate surface area is 160 Å². The number of piperazine rings is 1. The standard InChI is InChI=1S/C20H25FN2O3S/c1-3-16-4-7-18(8-5-16)27(24,25)23-12-10-22(11-13-23)15-17-6-9-20(26-2)19(21)14-17/h4-9,14H,3,10-13,15H2,1-2H3. The molecule has 2 aromatic rings. The molecule has 0 N–H and O–H groups in total. The van der Waals surface area contributed by atoms with Gasteiger partial charge in [-0.15, -0.1) is 0 Å². The Balaban J connectivity index is 1.61. The van der Waals surface area contributed by atoms with Crippen LogP contribution in [0.1, 0.15) is 18.1 Å². The van der Waals surface area contributed by atoms with Gasteiger partial charge in [0.05, 0.1) is 12.0 Å². The smallest absolute Gasteiger partial charge is 0.243 e. The number of methoxy groups -OCH3 is 1. The highest BCUT2D eigenvalue weighted by atomic mass is 32.2. The molecule has 2 aromatic carbocycles. The van der Waals surface area contributed by atoms with Gasteiger partial charge in [-0.25, -0.2) is 12.8 Å². The van der Waals surface area contributed by atoms with E-state index in [2.05, 4.69) is 4.90 Å². The van der Waals surface area contributed by atoms with Crippen LogP contribution in [-0.2, 0) is 23.0 Å². The fraction of sp³-hybridized carbons (Fsp3) is 0.400. The topological polar surface area (TPSA) is 49.9 Å². The fourth-order valence-electron chi connectivity index (χ4n) is 3.24. The average molecular weight is 392 g/mol. The van der Waals surface area contributed by atoms with Crippen LogP contribution in [0.5, 0.6) is 5.75 Å². The number of sulfonamides is 1. The Morgan fingerprint density at radius 1 is 1.00 bits per heavy atom. The van der Waals surface area contributed by atoms with E-state index in [0.717, 1.165) is 17.5 Å². The lowest BCUT2D eigenvalue weighted by molar-refractivity contribution is 0.181. The molecule has 7 heteroatoms. The quantitative estimate of drug-likeness (QED) is 0.759. The first kappa shape index (κ1) is 19.8. The molecule has 3 rings (SSSR count). The summed E-state index contributed by atoms with van der Waals surface area (Å²) < 4.78 is 45.9. The second kappa shape index (κ2) is 8.37. The molecule has 0 aliphatic carbocycles. The summed E-state index contributed by atoms with van der Waals surface area (Å²) in [6, 6.07) is 12.0. The van der Waals surface area contributed by atoms with Crippen LogP contribution in [-0.4, -0.2) is 50.9 Å². The third kappa shape index (κ3) is 4.48. The number of rotatable bonds is 6. The minimum absolute atomic E-state index is 0.226. The van der Waals surface area contributed by atoms with Crippen molar-refractivity contribution < 1.29 is 17.5 Å². The predicted molar refractivity (Wildman–Crippen MR) is 103 cm³/mol. The second-order valence-corrected chi connectivity index (χ2v) is 8.58. The highest BCUT2D eigenvalue weighted by Crippen LogP contribution is 2.21. The fourth-order valence-corrected chi connectivity index (χ4v) is 4.66. The molecule has 1 fully saturated rings. The maximum absolute atomic E-state index is 13.8. The van der Waals surface area contributed by atoms with Crippen LogP contribution in [0.4, 0.5) is 4.39 Å². The van der Waals surface area contributed by atoms with Gasteiger partial charge < -0.3 is 4.74 Å². The van der Waals surface area contributed by atoms with Crippen molar-refractivity contribution in [2.24, 2.45) is 0 Å². The molecule has 146 valence electrons. The number of nitrogens with zero attached hydrogens (tertiary/aromatic N) is 2. The van der Waals surface area contributed by atoms with E-state index in [1.807, 2.05) is 25.1 Å². The van der Waals surface area contributed by atoms with E-state index >= 15 is 0 Å². The molecule has 0 atom stereocenters. The van der Waals surface area contributed by atoms with Crippen LogP contribution in [0.3, 0.4) is 0 Å². The van der Waals surface area contributed by atoms with Gasteiger partial charge in [0.1, 0.15) is 0 Å². The van der Waals surface area contributed by atoms with Crippen molar-refractivity contribution in [3.05, 3.63) is 59.4 Å². The summed E-state index contributed by atoms with van der Waals surface area (Å²) >= 11 is 0. The highest BCUT2D eigenvalue weighted by molar-refractivity contribution is 7.89. The summed E-state index contributed by atoms with van der Waals surface area (Å²) in [6.45, 7) is 4.70. The largest absolute Gasteiger partial charge is 0.494 e. The van der Waals surface area contributed by atoms with Crippen LogP contribution in [0.15, 0.2) is 47.4 Å². The third-order valence-electron chi connectivity index (χ3n) is 4.92. The van der Waals surface area contributed by atoms with Crippen LogP contribution < -0.4 is 4.74 Å². The van der Waals surface area contributed by atoms with Crippen molar-refractivity contribution in [1.82, 2.24) is 9.21 Å².